The van der Waals surface area contributed by atoms with E-state index in [2.05, 4.69) is 20.9 Å². The molecular weight excluding hydrogens is 240 g/mol. The van der Waals surface area contributed by atoms with Crippen molar-refractivity contribution in [1.29, 1.82) is 0 Å². The maximum atomic E-state index is 5.62. The summed E-state index contributed by atoms with van der Waals surface area (Å²) in [7, 11) is 0. The van der Waals surface area contributed by atoms with Gasteiger partial charge in [-0.25, -0.2) is 4.98 Å². The summed E-state index contributed by atoms with van der Waals surface area (Å²) in [6, 6.07) is 11.8. The van der Waals surface area contributed by atoms with Crippen molar-refractivity contribution in [3.05, 3.63) is 47.1 Å². The zero-order valence-electron chi connectivity index (χ0n) is 7.44. The molecule has 0 bridgehead atoms. The topological polar surface area (TPSA) is 38.9 Å². The smallest absolute Gasteiger partial charge is 0.123 e. The second-order valence-electron chi connectivity index (χ2n) is 2.95. The molecule has 2 rings (SSSR count). The van der Waals surface area contributed by atoms with Gasteiger partial charge in [-0.05, 0) is 29.3 Å². The number of rotatable bonds is 1. The zero-order valence-corrected chi connectivity index (χ0v) is 9.03. The van der Waals surface area contributed by atoms with Crippen molar-refractivity contribution in [2.24, 2.45) is 0 Å². The summed E-state index contributed by atoms with van der Waals surface area (Å²) in [6.45, 7) is 0. The fraction of sp³-hybridized carbons (Fsp3) is 0. The second-order valence-corrected chi connectivity index (χ2v) is 3.80. The van der Waals surface area contributed by atoms with E-state index in [0.717, 1.165) is 15.6 Å². The van der Waals surface area contributed by atoms with Gasteiger partial charge in [0.1, 0.15) is 5.82 Å². The van der Waals surface area contributed by atoms with E-state index >= 15 is 0 Å². The molecule has 2 aromatic rings. The monoisotopic (exact) mass is 248 g/mol. The molecule has 0 atom stereocenters. The van der Waals surface area contributed by atoms with Gasteiger partial charge in [0.2, 0.25) is 0 Å². The molecule has 2 N–H and O–H groups in total. The third-order valence-electron chi connectivity index (χ3n) is 1.97. The Morgan fingerprint density at radius 1 is 1.14 bits per heavy atom. The molecule has 0 aliphatic rings. The lowest BCUT2D eigenvalue weighted by Gasteiger charge is -2.04. The molecule has 0 radical (unpaired) electrons. The van der Waals surface area contributed by atoms with Gasteiger partial charge in [0, 0.05) is 10.7 Å². The van der Waals surface area contributed by atoms with Gasteiger partial charge in [0.25, 0.3) is 0 Å². The summed E-state index contributed by atoms with van der Waals surface area (Å²) in [5.41, 5.74) is 7.82. The average Bonchev–Trinajstić information content (AvgIpc) is 2.18. The molecule has 1 aromatic heterocycles. The maximum absolute atomic E-state index is 5.62. The fourth-order valence-electron chi connectivity index (χ4n) is 1.31. The summed E-state index contributed by atoms with van der Waals surface area (Å²) >= 11 is 3.50. The molecule has 2 nitrogen and oxygen atoms in total. The van der Waals surface area contributed by atoms with Crippen LogP contribution in [0.5, 0.6) is 0 Å². The minimum absolute atomic E-state index is 0.540. The van der Waals surface area contributed by atoms with Gasteiger partial charge in [-0.1, -0.05) is 34.1 Å². The predicted molar refractivity (Wildman–Crippen MR) is 61.8 cm³/mol. The van der Waals surface area contributed by atoms with Crippen molar-refractivity contribution in [3.63, 3.8) is 0 Å². The summed E-state index contributed by atoms with van der Waals surface area (Å²) in [4.78, 5) is 3.96. The van der Waals surface area contributed by atoms with Crippen molar-refractivity contribution in [1.82, 2.24) is 4.98 Å². The molecule has 1 aromatic carbocycles. The first-order chi connectivity index (χ1) is 6.77. The Hall–Kier alpha value is -1.35. The molecule has 1 heterocycles. The Kier molecular flexibility index (Phi) is 2.50. The molecule has 0 saturated heterocycles. The molecule has 70 valence electrons. The predicted octanol–water partition coefficient (Wildman–Crippen LogP) is 3.09. The summed E-state index contributed by atoms with van der Waals surface area (Å²) in [6.07, 6.45) is 1.71. The molecule has 0 spiro atoms. The Bertz CT molecular complexity index is 455. The van der Waals surface area contributed by atoms with Gasteiger partial charge in [-0.3, -0.25) is 0 Å². The van der Waals surface area contributed by atoms with E-state index in [0.29, 0.717) is 5.82 Å². The highest BCUT2D eigenvalue weighted by Gasteiger charge is 2.01. The number of hydrogen-bond acceptors (Lipinski definition) is 2. The van der Waals surface area contributed by atoms with Gasteiger partial charge in [0.15, 0.2) is 0 Å². The van der Waals surface area contributed by atoms with Gasteiger partial charge in [0.05, 0.1) is 0 Å². The van der Waals surface area contributed by atoms with Crippen LogP contribution in [0.3, 0.4) is 0 Å². The highest BCUT2D eigenvalue weighted by atomic mass is 79.9. The highest BCUT2D eigenvalue weighted by Crippen LogP contribution is 2.27. The third-order valence-corrected chi connectivity index (χ3v) is 2.66. The zero-order chi connectivity index (χ0) is 9.97. The highest BCUT2D eigenvalue weighted by molar-refractivity contribution is 9.10. The summed E-state index contributed by atoms with van der Waals surface area (Å²) in [5.74, 6) is 0.540. The number of nitrogens with zero attached hydrogens (tertiary/aromatic N) is 1. The maximum Gasteiger partial charge on any atom is 0.123 e. The van der Waals surface area contributed by atoms with Crippen molar-refractivity contribution >= 4 is 21.7 Å². The lowest BCUT2D eigenvalue weighted by molar-refractivity contribution is 1.34. The van der Waals surface area contributed by atoms with E-state index in [-0.39, 0.29) is 0 Å². The van der Waals surface area contributed by atoms with Crippen LogP contribution in [0.4, 0.5) is 5.82 Å². The molecule has 0 saturated carbocycles. The first-order valence-corrected chi connectivity index (χ1v) is 5.03. The summed E-state index contributed by atoms with van der Waals surface area (Å²) in [5, 5.41) is 0. The Balaban J connectivity index is 2.55. The van der Waals surface area contributed by atoms with Crippen LogP contribution in [-0.2, 0) is 0 Å². The lowest BCUT2D eigenvalue weighted by atomic mass is 10.1. The van der Waals surface area contributed by atoms with E-state index in [9.17, 15) is 0 Å². The van der Waals surface area contributed by atoms with E-state index in [4.69, 9.17) is 5.73 Å². The van der Waals surface area contributed by atoms with E-state index in [1.165, 1.54) is 0 Å². The molecule has 0 fully saturated rings. The molecule has 0 aliphatic heterocycles. The Morgan fingerprint density at radius 3 is 2.64 bits per heavy atom. The van der Waals surface area contributed by atoms with Crippen LogP contribution in [0.25, 0.3) is 11.1 Å². The number of benzene rings is 1. The van der Waals surface area contributed by atoms with Crippen molar-refractivity contribution in [3.8, 4) is 11.1 Å². The first-order valence-electron chi connectivity index (χ1n) is 4.24. The quantitative estimate of drug-likeness (QED) is 0.843. The van der Waals surface area contributed by atoms with E-state index in [1.807, 2.05) is 36.4 Å². The minimum Gasteiger partial charge on any atom is -0.384 e. The molecule has 14 heavy (non-hydrogen) atoms. The summed E-state index contributed by atoms with van der Waals surface area (Å²) < 4.78 is 1.06. The average molecular weight is 249 g/mol. The Labute approximate surface area is 90.9 Å². The van der Waals surface area contributed by atoms with Crippen molar-refractivity contribution in [2.75, 3.05) is 5.73 Å². The number of hydrogen-bond donors (Lipinski definition) is 1. The van der Waals surface area contributed by atoms with E-state index in [1.54, 1.807) is 6.20 Å². The van der Waals surface area contributed by atoms with Crippen LogP contribution >= 0.6 is 15.9 Å². The van der Waals surface area contributed by atoms with Crippen LogP contribution in [0.2, 0.25) is 0 Å². The van der Waals surface area contributed by atoms with Gasteiger partial charge in [-0.15, -0.1) is 0 Å². The molecular formula is C11H9BrN2. The first kappa shape index (κ1) is 9.21. The number of nitrogens with two attached hydrogens (primary N) is 1. The van der Waals surface area contributed by atoms with Crippen molar-refractivity contribution < 1.29 is 0 Å². The number of halogens is 1. The SMILES string of the molecule is Nc1cc(-c2ccccc2Br)ccn1. The fourth-order valence-corrected chi connectivity index (χ4v) is 1.82. The van der Waals surface area contributed by atoms with Gasteiger partial charge < -0.3 is 5.73 Å². The van der Waals surface area contributed by atoms with Crippen LogP contribution in [0.1, 0.15) is 0 Å². The lowest BCUT2D eigenvalue weighted by Crippen LogP contribution is -1.89. The molecule has 0 unspecified atom stereocenters. The number of aromatic nitrogens is 1. The third kappa shape index (κ3) is 1.77. The standard InChI is InChI=1S/C11H9BrN2/c12-10-4-2-1-3-9(10)8-5-6-14-11(13)7-8/h1-7H,(H2,13,14). The molecule has 0 aliphatic carbocycles. The Morgan fingerprint density at radius 2 is 1.93 bits per heavy atom. The molecule has 3 heteroatoms. The van der Waals surface area contributed by atoms with Crippen LogP contribution in [0.15, 0.2) is 47.1 Å². The normalized spacial score (nSPS) is 10.1. The number of nitrogen functional groups attached to an aromatic ring is 1. The minimum atomic E-state index is 0.540. The largest absolute Gasteiger partial charge is 0.384 e. The van der Waals surface area contributed by atoms with Crippen LogP contribution < -0.4 is 5.73 Å². The number of anilines is 1. The van der Waals surface area contributed by atoms with Crippen LogP contribution in [0, 0.1) is 0 Å². The van der Waals surface area contributed by atoms with Gasteiger partial charge in [-0.2, -0.15) is 0 Å². The molecule has 0 amide bonds. The van der Waals surface area contributed by atoms with Crippen molar-refractivity contribution in [2.45, 2.75) is 0 Å². The second kappa shape index (κ2) is 3.80. The van der Waals surface area contributed by atoms with E-state index < -0.39 is 0 Å². The van der Waals surface area contributed by atoms with Crippen LogP contribution in [-0.4, -0.2) is 4.98 Å². The number of pyridine rings is 1. The van der Waals surface area contributed by atoms with Gasteiger partial charge >= 0.3 is 0 Å².